The minimum absolute atomic E-state index is 0.131. The van der Waals surface area contributed by atoms with Crippen molar-refractivity contribution in [2.24, 2.45) is 5.73 Å². The van der Waals surface area contributed by atoms with Crippen LogP contribution in [0.25, 0.3) is 0 Å². The summed E-state index contributed by atoms with van der Waals surface area (Å²) in [4.78, 5) is 36.4. The van der Waals surface area contributed by atoms with Gasteiger partial charge in [-0.3, -0.25) is 14.4 Å². The summed E-state index contributed by atoms with van der Waals surface area (Å²) >= 11 is 0. The predicted octanol–water partition coefficient (Wildman–Crippen LogP) is -1.09. The lowest BCUT2D eigenvalue weighted by atomic mass is 10.2. The number of amides is 2. The Labute approximate surface area is 109 Å². The minimum atomic E-state index is -0.565. The fourth-order valence-electron chi connectivity index (χ4n) is 2.27. The zero-order valence-corrected chi connectivity index (χ0v) is 10.4. The van der Waals surface area contributed by atoms with Gasteiger partial charge in [0.1, 0.15) is 12.6 Å². The molecule has 1 aromatic rings. The number of primary amides is 1. The van der Waals surface area contributed by atoms with Gasteiger partial charge in [-0.05, 0) is 18.9 Å². The second-order valence-electron chi connectivity index (χ2n) is 4.58. The first-order valence-electron chi connectivity index (χ1n) is 6.04. The zero-order chi connectivity index (χ0) is 14.0. The number of likely N-dealkylation sites (tertiary alicyclic amines) is 1. The van der Waals surface area contributed by atoms with Gasteiger partial charge in [-0.2, -0.15) is 0 Å². The van der Waals surface area contributed by atoms with Crippen molar-refractivity contribution in [1.29, 1.82) is 0 Å². The summed E-state index contributed by atoms with van der Waals surface area (Å²) in [5.41, 5.74) is 10.9. The van der Waals surface area contributed by atoms with Crippen molar-refractivity contribution in [2.45, 2.75) is 25.4 Å². The Morgan fingerprint density at radius 2 is 2.11 bits per heavy atom. The molecule has 7 nitrogen and oxygen atoms in total. The van der Waals surface area contributed by atoms with E-state index < -0.39 is 11.9 Å². The van der Waals surface area contributed by atoms with E-state index in [0.717, 1.165) is 6.42 Å². The Morgan fingerprint density at radius 1 is 1.37 bits per heavy atom. The van der Waals surface area contributed by atoms with E-state index in [-0.39, 0.29) is 18.0 Å². The van der Waals surface area contributed by atoms with Crippen molar-refractivity contribution in [3.8, 4) is 0 Å². The van der Waals surface area contributed by atoms with Gasteiger partial charge in [0.2, 0.25) is 11.8 Å². The standard InChI is InChI=1S/C12H16N4O3/c13-8-3-4-10(17)15(6-8)7-11(18)16-5-1-2-9(16)12(14)19/h3-4,6,9H,1-2,5,7,13H2,(H2,14,19). The molecule has 1 aromatic heterocycles. The van der Waals surface area contributed by atoms with E-state index in [1.807, 2.05) is 0 Å². The maximum Gasteiger partial charge on any atom is 0.251 e. The first-order chi connectivity index (χ1) is 8.99. The summed E-state index contributed by atoms with van der Waals surface area (Å²) in [5, 5.41) is 0. The lowest BCUT2D eigenvalue weighted by molar-refractivity contribution is -0.137. The van der Waals surface area contributed by atoms with Crippen LogP contribution in [0.5, 0.6) is 0 Å². The highest BCUT2D eigenvalue weighted by Crippen LogP contribution is 2.17. The molecule has 0 spiro atoms. The molecule has 1 aliphatic heterocycles. The van der Waals surface area contributed by atoms with E-state index in [2.05, 4.69) is 0 Å². The number of carbonyl (C=O) groups excluding carboxylic acids is 2. The molecule has 19 heavy (non-hydrogen) atoms. The number of nitrogens with two attached hydrogens (primary N) is 2. The summed E-state index contributed by atoms with van der Waals surface area (Å²) in [6.45, 7) is 0.358. The van der Waals surface area contributed by atoms with Gasteiger partial charge in [-0.1, -0.05) is 0 Å². The van der Waals surface area contributed by atoms with Crippen LogP contribution in [0.2, 0.25) is 0 Å². The lowest BCUT2D eigenvalue weighted by Crippen LogP contribution is -2.45. The highest BCUT2D eigenvalue weighted by Gasteiger charge is 2.32. The second-order valence-corrected chi connectivity index (χ2v) is 4.58. The van der Waals surface area contributed by atoms with Gasteiger partial charge in [0, 0.05) is 24.5 Å². The topological polar surface area (TPSA) is 111 Å². The van der Waals surface area contributed by atoms with Gasteiger partial charge < -0.3 is 20.9 Å². The van der Waals surface area contributed by atoms with E-state index in [1.165, 1.54) is 27.8 Å². The van der Waals surface area contributed by atoms with Gasteiger partial charge in [0.15, 0.2) is 0 Å². The second kappa shape index (κ2) is 5.13. The molecule has 1 fully saturated rings. The van der Waals surface area contributed by atoms with Crippen molar-refractivity contribution in [3.05, 3.63) is 28.7 Å². The molecule has 0 radical (unpaired) electrons. The number of aromatic nitrogens is 1. The average Bonchev–Trinajstić information content (AvgIpc) is 2.83. The third-order valence-electron chi connectivity index (χ3n) is 3.21. The fraction of sp³-hybridized carbons (Fsp3) is 0.417. The maximum atomic E-state index is 12.1. The van der Waals surface area contributed by atoms with Crippen LogP contribution in [-0.2, 0) is 16.1 Å². The molecule has 1 aliphatic rings. The Balaban J connectivity index is 2.15. The molecule has 1 saturated heterocycles. The molecule has 0 saturated carbocycles. The third-order valence-corrected chi connectivity index (χ3v) is 3.21. The minimum Gasteiger partial charge on any atom is -0.398 e. The molecule has 7 heteroatoms. The van der Waals surface area contributed by atoms with Crippen LogP contribution in [0.3, 0.4) is 0 Å². The highest BCUT2D eigenvalue weighted by atomic mass is 16.2. The lowest BCUT2D eigenvalue weighted by Gasteiger charge is -2.22. The Bertz CT molecular complexity index is 566. The van der Waals surface area contributed by atoms with Crippen LogP contribution < -0.4 is 17.0 Å². The first-order valence-corrected chi connectivity index (χ1v) is 6.04. The van der Waals surface area contributed by atoms with Gasteiger partial charge in [-0.15, -0.1) is 0 Å². The number of rotatable bonds is 3. The fourth-order valence-corrected chi connectivity index (χ4v) is 2.27. The molecule has 2 rings (SSSR count). The quantitative estimate of drug-likeness (QED) is 0.722. The molecule has 102 valence electrons. The smallest absolute Gasteiger partial charge is 0.251 e. The number of hydrogen-bond acceptors (Lipinski definition) is 4. The van der Waals surface area contributed by atoms with E-state index >= 15 is 0 Å². The molecular weight excluding hydrogens is 248 g/mol. The van der Waals surface area contributed by atoms with Crippen LogP contribution in [0, 0.1) is 0 Å². The van der Waals surface area contributed by atoms with E-state index in [9.17, 15) is 14.4 Å². The molecule has 2 amide bonds. The Kier molecular flexibility index (Phi) is 3.55. The molecule has 4 N–H and O–H groups in total. The van der Waals surface area contributed by atoms with Crippen molar-refractivity contribution in [2.75, 3.05) is 12.3 Å². The summed E-state index contributed by atoms with van der Waals surface area (Å²) in [5.74, 6) is -0.806. The van der Waals surface area contributed by atoms with Gasteiger partial charge in [-0.25, -0.2) is 0 Å². The monoisotopic (exact) mass is 264 g/mol. The number of nitrogen functional groups attached to an aromatic ring is 1. The first kappa shape index (κ1) is 13.1. The Morgan fingerprint density at radius 3 is 2.79 bits per heavy atom. The molecule has 1 unspecified atom stereocenters. The number of pyridine rings is 1. The van der Waals surface area contributed by atoms with Crippen LogP contribution in [0.1, 0.15) is 12.8 Å². The van der Waals surface area contributed by atoms with Gasteiger partial charge in [0.05, 0.1) is 0 Å². The normalized spacial score (nSPS) is 18.5. The van der Waals surface area contributed by atoms with Crippen LogP contribution in [0.4, 0.5) is 5.69 Å². The van der Waals surface area contributed by atoms with Crippen LogP contribution >= 0.6 is 0 Å². The van der Waals surface area contributed by atoms with E-state index in [0.29, 0.717) is 18.7 Å². The molecule has 0 aliphatic carbocycles. The SMILES string of the molecule is NC(=O)C1CCCN1C(=O)Cn1cc(N)ccc1=O. The largest absolute Gasteiger partial charge is 0.398 e. The summed E-state index contributed by atoms with van der Waals surface area (Å²) in [6, 6.07) is 2.22. The highest BCUT2D eigenvalue weighted by molar-refractivity contribution is 5.87. The Hall–Kier alpha value is -2.31. The number of nitrogens with zero attached hydrogens (tertiary/aromatic N) is 2. The summed E-state index contributed by atoms with van der Waals surface area (Å²) in [6.07, 6.45) is 2.73. The molecule has 1 atom stereocenters. The van der Waals surface area contributed by atoms with Crippen molar-refractivity contribution < 1.29 is 9.59 Å². The van der Waals surface area contributed by atoms with Crippen molar-refractivity contribution in [3.63, 3.8) is 0 Å². The maximum absolute atomic E-state index is 12.1. The van der Waals surface area contributed by atoms with Crippen LogP contribution in [0.15, 0.2) is 23.1 Å². The van der Waals surface area contributed by atoms with Crippen molar-refractivity contribution in [1.82, 2.24) is 9.47 Å². The van der Waals surface area contributed by atoms with Gasteiger partial charge in [0.25, 0.3) is 5.56 Å². The van der Waals surface area contributed by atoms with Crippen molar-refractivity contribution >= 4 is 17.5 Å². The number of carbonyl (C=O) groups is 2. The van der Waals surface area contributed by atoms with E-state index in [4.69, 9.17) is 11.5 Å². The summed E-state index contributed by atoms with van der Waals surface area (Å²) in [7, 11) is 0. The molecule has 0 aromatic carbocycles. The molecule has 2 heterocycles. The molecular formula is C12H16N4O3. The number of anilines is 1. The molecule has 0 bridgehead atoms. The number of hydrogen-bond donors (Lipinski definition) is 2. The zero-order valence-electron chi connectivity index (χ0n) is 10.4. The third kappa shape index (κ3) is 2.75. The van der Waals surface area contributed by atoms with Crippen LogP contribution in [-0.4, -0.2) is 33.9 Å². The summed E-state index contributed by atoms with van der Waals surface area (Å²) < 4.78 is 1.23. The van der Waals surface area contributed by atoms with Gasteiger partial charge >= 0.3 is 0 Å². The predicted molar refractivity (Wildman–Crippen MR) is 69.0 cm³/mol. The average molecular weight is 264 g/mol. The van der Waals surface area contributed by atoms with E-state index in [1.54, 1.807) is 0 Å².